The second kappa shape index (κ2) is 8.74. The molecule has 0 saturated heterocycles. The molecule has 10 aromatic rings. The van der Waals surface area contributed by atoms with E-state index in [1.54, 1.807) is 0 Å². The van der Waals surface area contributed by atoms with Crippen LogP contribution in [0.4, 0.5) is 0 Å². The molecule has 0 radical (unpaired) electrons. The number of aromatic nitrogens is 1. The molecule has 1 aliphatic rings. The van der Waals surface area contributed by atoms with Crippen LogP contribution in [-0.4, -0.2) is 4.57 Å². The van der Waals surface area contributed by atoms with E-state index in [2.05, 4.69) is 150 Å². The largest absolute Gasteiger partial charge is 0.454 e. The van der Waals surface area contributed by atoms with Crippen molar-refractivity contribution in [2.45, 2.75) is 0 Å². The van der Waals surface area contributed by atoms with Crippen molar-refractivity contribution in [3.8, 4) is 39.1 Å². The number of nitrogens with zero attached hydrogens (tertiary/aromatic N) is 1. The highest BCUT2D eigenvalue weighted by atomic mass is 16.3. The number of rotatable bonds is 2. The zero-order valence-electron chi connectivity index (χ0n) is 24.8. The molecule has 0 saturated carbocycles. The lowest BCUT2D eigenvalue weighted by molar-refractivity contribution is 0.671. The van der Waals surface area contributed by atoms with Crippen LogP contribution in [0.2, 0.25) is 0 Å². The van der Waals surface area contributed by atoms with E-state index in [9.17, 15) is 0 Å². The molecule has 2 nitrogen and oxygen atoms in total. The molecule has 0 fully saturated rings. The highest BCUT2D eigenvalue weighted by Gasteiger charge is 2.23. The molecule has 11 rings (SSSR count). The van der Waals surface area contributed by atoms with Crippen molar-refractivity contribution < 1.29 is 4.42 Å². The average Bonchev–Trinajstić information content (AvgIpc) is 3.77. The molecule has 8 aromatic carbocycles. The fraction of sp³-hybridized carbons (Fsp3) is 0. The van der Waals surface area contributed by atoms with Gasteiger partial charge in [0.1, 0.15) is 5.58 Å². The van der Waals surface area contributed by atoms with Gasteiger partial charge in [-0.1, -0.05) is 121 Å². The van der Waals surface area contributed by atoms with Crippen LogP contribution >= 0.6 is 0 Å². The lowest BCUT2D eigenvalue weighted by Gasteiger charge is -2.13. The number of hydrogen-bond donors (Lipinski definition) is 0. The Labute approximate surface area is 264 Å². The lowest BCUT2D eigenvalue weighted by Crippen LogP contribution is -1.95. The zero-order valence-corrected chi connectivity index (χ0v) is 24.8. The minimum atomic E-state index is 0.911. The summed E-state index contributed by atoms with van der Waals surface area (Å²) in [6.45, 7) is 0. The zero-order chi connectivity index (χ0) is 29.9. The molecule has 0 amide bonds. The third-order valence-electron chi connectivity index (χ3n) is 10.1. The lowest BCUT2D eigenvalue weighted by atomic mass is 9.94. The molecule has 0 aliphatic heterocycles. The van der Waals surface area contributed by atoms with Gasteiger partial charge in [-0.3, -0.25) is 0 Å². The fourth-order valence-corrected chi connectivity index (χ4v) is 8.19. The summed E-state index contributed by atoms with van der Waals surface area (Å²) >= 11 is 0. The second-order valence-corrected chi connectivity index (χ2v) is 12.4. The predicted octanol–water partition coefficient (Wildman–Crippen LogP) is 12.3. The molecule has 0 bridgehead atoms. The van der Waals surface area contributed by atoms with E-state index in [-0.39, 0.29) is 0 Å². The van der Waals surface area contributed by atoms with E-state index in [1.165, 1.54) is 71.2 Å². The first-order valence-electron chi connectivity index (χ1n) is 15.9. The monoisotopic (exact) mass is 583 g/mol. The van der Waals surface area contributed by atoms with Crippen molar-refractivity contribution in [3.05, 3.63) is 152 Å². The minimum Gasteiger partial charge on any atom is -0.454 e. The number of furan rings is 1. The van der Waals surface area contributed by atoms with Crippen LogP contribution in [0.5, 0.6) is 0 Å². The van der Waals surface area contributed by atoms with Gasteiger partial charge in [0.05, 0.1) is 11.0 Å². The summed E-state index contributed by atoms with van der Waals surface area (Å²) in [5, 5.41) is 9.86. The Morgan fingerprint density at radius 2 is 1.11 bits per heavy atom. The van der Waals surface area contributed by atoms with Crippen molar-refractivity contribution in [3.63, 3.8) is 0 Å². The predicted molar refractivity (Wildman–Crippen MR) is 193 cm³/mol. The molecule has 2 aromatic heterocycles. The van der Waals surface area contributed by atoms with Gasteiger partial charge in [-0.2, -0.15) is 0 Å². The highest BCUT2D eigenvalue weighted by Crippen LogP contribution is 2.49. The number of hydrogen-bond acceptors (Lipinski definition) is 1. The summed E-state index contributed by atoms with van der Waals surface area (Å²) in [6, 6.07) is 55.2. The maximum absolute atomic E-state index is 6.69. The Morgan fingerprint density at radius 3 is 2.02 bits per heavy atom. The molecular formula is C44H25NO. The Bertz CT molecular complexity index is 2890. The SMILES string of the molecule is c1cc(-c2ccc3c4c(cccc24)-c2ccccc2-3)cc(-n2c3ccc4ccccc4c3c3ccc4c5ccccc5oc4c32)c1. The van der Waals surface area contributed by atoms with Gasteiger partial charge < -0.3 is 8.98 Å². The topological polar surface area (TPSA) is 18.1 Å². The van der Waals surface area contributed by atoms with Gasteiger partial charge in [0.25, 0.3) is 0 Å². The van der Waals surface area contributed by atoms with E-state index in [0.717, 1.165) is 33.1 Å². The third kappa shape index (κ3) is 3.05. The van der Waals surface area contributed by atoms with Gasteiger partial charge in [-0.05, 0) is 85.3 Å². The average molecular weight is 584 g/mol. The quantitative estimate of drug-likeness (QED) is 0.198. The van der Waals surface area contributed by atoms with Crippen molar-refractivity contribution in [2.24, 2.45) is 0 Å². The van der Waals surface area contributed by atoms with E-state index in [1.807, 2.05) is 6.07 Å². The van der Waals surface area contributed by atoms with Crippen LogP contribution < -0.4 is 0 Å². The van der Waals surface area contributed by atoms with Crippen molar-refractivity contribution in [1.29, 1.82) is 0 Å². The van der Waals surface area contributed by atoms with Crippen molar-refractivity contribution in [2.75, 3.05) is 0 Å². The van der Waals surface area contributed by atoms with E-state index < -0.39 is 0 Å². The van der Waals surface area contributed by atoms with Crippen LogP contribution in [0.3, 0.4) is 0 Å². The number of para-hydroxylation sites is 1. The second-order valence-electron chi connectivity index (χ2n) is 12.4. The standard InChI is InChI=1S/C44H25NO/c1-2-12-30-26(9-1)19-24-39-42(30)38-23-22-37-33-15-5-6-18-40(33)46-44(37)43(38)45(39)28-11-7-10-27(25-28)29-20-21-36-32-14-4-3-13-31(32)35-17-8-16-34(29)41(35)36/h1-25H. The minimum absolute atomic E-state index is 0.911. The molecular weight excluding hydrogens is 558 g/mol. The molecule has 0 spiro atoms. The first kappa shape index (κ1) is 24.2. The van der Waals surface area contributed by atoms with Gasteiger partial charge in [0.15, 0.2) is 5.58 Å². The van der Waals surface area contributed by atoms with Gasteiger partial charge in [-0.15, -0.1) is 0 Å². The maximum Gasteiger partial charge on any atom is 0.160 e. The third-order valence-corrected chi connectivity index (χ3v) is 10.1. The maximum atomic E-state index is 6.69. The summed E-state index contributed by atoms with van der Waals surface area (Å²) in [5.74, 6) is 0. The summed E-state index contributed by atoms with van der Waals surface area (Å²) in [6.07, 6.45) is 0. The van der Waals surface area contributed by atoms with Gasteiger partial charge >= 0.3 is 0 Å². The van der Waals surface area contributed by atoms with Crippen LogP contribution in [0.1, 0.15) is 0 Å². The molecule has 2 heteroatoms. The van der Waals surface area contributed by atoms with Crippen molar-refractivity contribution >= 4 is 65.3 Å². The molecule has 2 heterocycles. The van der Waals surface area contributed by atoms with E-state index in [4.69, 9.17) is 4.42 Å². The van der Waals surface area contributed by atoms with Crippen LogP contribution in [0, 0.1) is 0 Å². The van der Waals surface area contributed by atoms with Gasteiger partial charge in [0.2, 0.25) is 0 Å². The van der Waals surface area contributed by atoms with Gasteiger partial charge in [-0.25, -0.2) is 0 Å². The van der Waals surface area contributed by atoms with Crippen LogP contribution in [-0.2, 0) is 0 Å². The number of benzene rings is 8. The van der Waals surface area contributed by atoms with Gasteiger partial charge in [0, 0.05) is 27.2 Å². The summed E-state index contributed by atoms with van der Waals surface area (Å²) in [7, 11) is 0. The van der Waals surface area contributed by atoms with Crippen molar-refractivity contribution in [1.82, 2.24) is 4.57 Å². The summed E-state index contributed by atoms with van der Waals surface area (Å²) in [4.78, 5) is 0. The van der Waals surface area contributed by atoms with Crippen LogP contribution in [0.25, 0.3) is 104 Å². The molecule has 0 N–H and O–H groups in total. The molecule has 1 aliphatic carbocycles. The molecule has 0 atom stereocenters. The first-order chi connectivity index (χ1) is 22.8. The van der Waals surface area contributed by atoms with Crippen LogP contribution in [0.15, 0.2) is 156 Å². The normalized spacial score (nSPS) is 12.3. The summed E-state index contributed by atoms with van der Waals surface area (Å²) < 4.78 is 9.10. The Kier molecular flexibility index (Phi) is 4.61. The fourth-order valence-electron chi connectivity index (χ4n) is 8.19. The van der Waals surface area contributed by atoms with E-state index in [0.29, 0.717) is 0 Å². The van der Waals surface area contributed by atoms with E-state index >= 15 is 0 Å². The Balaban J connectivity index is 1.23. The summed E-state index contributed by atoms with van der Waals surface area (Å²) in [5.41, 5.74) is 13.0. The Morgan fingerprint density at radius 1 is 0.413 bits per heavy atom. The molecule has 46 heavy (non-hydrogen) atoms. The highest BCUT2D eigenvalue weighted by molar-refractivity contribution is 6.27. The molecule has 212 valence electrons. The smallest absolute Gasteiger partial charge is 0.160 e. The molecule has 0 unspecified atom stereocenters. The first-order valence-corrected chi connectivity index (χ1v) is 15.9. The number of fused-ring (bicyclic) bond motifs is 12. The Hall–Kier alpha value is -6.12.